The summed E-state index contributed by atoms with van der Waals surface area (Å²) >= 11 is 6.74. The Morgan fingerprint density at radius 2 is 2.30 bits per heavy atom. The molecule has 1 aromatic carbocycles. The van der Waals surface area contributed by atoms with Gasteiger partial charge in [0.2, 0.25) is 0 Å². The van der Waals surface area contributed by atoms with Gasteiger partial charge in [0.15, 0.2) is 0 Å². The first kappa shape index (κ1) is 18.2. The molecule has 27 heavy (non-hydrogen) atoms. The van der Waals surface area contributed by atoms with E-state index in [2.05, 4.69) is 16.8 Å². The van der Waals surface area contributed by atoms with Gasteiger partial charge in [-0.25, -0.2) is 9.18 Å². The van der Waals surface area contributed by atoms with Crippen molar-refractivity contribution in [2.24, 2.45) is 0 Å². The first-order valence-electron chi connectivity index (χ1n) is 8.83. The van der Waals surface area contributed by atoms with E-state index in [0.717, 1.165) is 13.0 Å². The van der Waals surface area contributed by atoms with E-state index >= 15 is 0 Å². The van der Waals surface area contributed by atoms with Crippen molar-refractivity contribution in [3.63, 3.8) is 0 Å². The van der Waals surface area contributed by atoms with Crippen molar-refractivity contribution in [1.82, 2.24) is 5.32 Å². The SMILES string of the molecule is CC(=S)NC[C@H]1CN(c2ccc(N3CCc4sccc4C3)c(F)c2)C(=O)O1. The second-order valence-corrected chi connectivity index (χ2v) is 8.34. The van der Waals surface area contributed by atoms with Crippen LogP contribution in [-0.2, 0) is 17.7 Å². The Bertz CT molecular complexity index is 886. The Morgan fingerprint density at radius 3 is 3.07 bits per heavy atom. The van der Waals surface area contributed by atoms with Gasteiger partial charge in [-0.3, -0.25) is 4.90 Å². The van der Waals surface area contributed by atoms with E-state index in [-0.39, 0.29) is 11.9 Å². The Kier molecular flexibility index (Phi) is 5.01. The number of nitrogens with zero attached hydrogens (tertiary/aromatic N) is 2. The molecule has 3 heterocycles. The molecule has 8 heteroatoms. The summed E-state index contributed by atoms with van der Waals surface area (Å²) in [5.74, 6) is -0.324. The van der Waals surface area contributed by atoms with Crippen molar-refractivity contribution in [3.05, 3.63) is 45.9 Å². The van der Waals surface area contributed by atoms with Crippen molar-refractivity contribution >= 4 is 46.0 Å². The van der Waals surface area contributed by atoms with E-state index in [1.54, 1.807) is 30.4 Å². The number of fused-ring (bicyclic) bond motifs is 1. The fourth-order valence-electron chi connectivity index (χ4n) is 3.47. The fourth-order valence-corrected chi connectivity index (χ4v) is 4.44. The van der Waals surface area contributed by atoms with Crippen LogP contribution < -0.4 is 15.1 Å². The molecule has 0 radical (unpaired) electrons. The maximum atomic E-state index is 14.8. The molecule has 2 aromatic rings. The number of hydrogen-bond donors (Lipinski definition) is 1. The van der Waals surface area contributed by atoms with Crippen LogP contribution in [0.4, 0.5) is 20.6 Å². The zero-order valence-corrected chi connectivity index (χ0v) is 16.5. The van der Waals surface area contributed by atoms with E-state index < -0.39 is 6.09 Å². The van der Waals surface area contributed by atoms with Crippen LogP contribution in [0.15, 0.2) is 29.6 Å². The standard InChI is InChI=1S/C19H20FN3O2S2/c1-12(26)21-9-15-11-23(19(24)25-15)14-2-3-17(16(20)8-14)22-6-4-18-13(10-22)5-7-27-18/h2-3,5,7-8,15H,4,6,9-11H2,1H3,(H,21,26)/t15-/m0/s1. The lowest BCUT2D eigenvalue weighted by molar-refractivity contribution is 0.143. The zero-order valence-electron chi connectivity index (χ0n) is 14.9. The predicted octanol–water partition coefficient (Wildman–Crippen LogP) is 3.71. The number of cyclic esters (lactones) is 1. The molecule has 4 rings (SSSR count). The van der Waals surface area contributed by atoms with Crippen LogP contribution in [0.3, 0.4) is 0 Å². The molecule has 1 N–H and O–H groups in total. The van der Waals surface area contributed by atoms with Crippen LogP contribution >= 0.6 is 23.6 Å². The molecule has 0 aliphatic carbocycles. The molecule has 0 spiro atoms. The van der Waals surface area contributed by atoms with Gasteiger partial charge in [-0.2, -0.15) is 0 Å². The van der Waals surface area contributed by atoms with Gasteiger partial charge in [0.25, 0.3) is 0 Å². The van der Waals surface area contributed by atoms with Crippen LogP contribution in [0.25, 0.3) is 0 Å². The normalized spacial score (nSPS) is 19.0. The van der Waals surface area contributed by atoms with Gasteiger partial charge in [0, 0.05) is 18.0 Å². The monoisotopic (exact) mass is 405 g/mol. The molecule has 0 bridgehead atoms. The summed E-state index contributed by atoms with van der Waals surface area (Å²) in [6.45, 7) is 4.10. The number of nitrogens with one attached hydrogen (secondary N) is 1. The van der Waals surface area contributed by atoms with Gasteiger partial charge in [0.05, 0.1) is 29.5 Å². The summed E-state index contributed by atoms with van der Waals surface area (Å²) in [6.07, 6.45) is 0.162. The summed E-state index contributed by atoms with van der Waals surface area (Å²) in [5.41, 5.74) is 2.34. The van der Waals surface area contributed by atoms with Gasteiger partial charge in [-0.05, 0) is 48.6 Å². The summed E-state index contributed by atoms with van der Waals surface area (Å²) in [5, 5.41) is 5.08. The Labute approximate surface area is 166 Å². The molecule has 1 saturated heterocycles. The molecule has 1 fully saturated rings. The molecular formula is C19H20FN3O2S2. The van der Waals surface area contributed by atoms with Crippen LogP contribution in [0.5, 0.6) is 0 Å². The molecule has 142 valence electrons. The van der Waals surface area contributed by atoms with E-state index in [1.807, 2.05) is 4.90 Å². The average molecular weight is 406 g/mol. The second kappa shape index (κ2) is 7.44. The predicted molar refractivity (Wildman–Crippen MR) is 109 cm³/mol. The molecule has 5 nitrogen and oxygen atoms in total. The van der Waals surface area contributed by atoms with Crippen molar-refractivity contribution in [2.75, 3.05) is 29.4 Å². The Balaban J connectivity index is 1.47. The number of carbonyl (C=O) groups excluding carboxylic acids is 1. The van der Waals surface area contributed by atoms with Gasteiger partial charge < -0.3 is 15.0 Å². The average Bonchev–Trinajstić information content (AvgIpc) is 3.25. The van der Waals surface area contributed by atoms with E-state index in [9.17, 15) is 9.18 Å². The number of hydrogen-bond acceptors (Lipinski definition) is 5. The highest BCUT2D eigenvalue weighted by Gasteiger charge is 2.33. The number of thiocarbonyl (C=S) groups is 1. The fraction of sp³-hybridized carbons (Fsp3) is 0.368. The molecular weight excluding hydrogens is 385 g/mol. The maximum absolute atomic E-state index is 14.8. The zero-order chi connectivity index (χ0) is 19.0. The minimum atomic E-state index is -0.461. The van der Waals surface area contributed by atoms with Crippen molar-refractivity contribution in [2.45, 2.75) is 26.0 Å². The summed E-state index contributed by atoms with van der Waals surface area (Å²) in [4.78, 5) is 17.7. The van der Waals surface area contributed by atoms with Gasteiger partial charge in [-0.1, -0.05) is 12.2 Å². The lowest BCUT2D eigenvalue weighted by atomic mass is 10.1. The van der Waals surface area contributed by atoms with Crippen LogP contribution in [-0.4, -0.2) is 36.8 Å². The molecule has 2 aliphatic heterocycles. The number of thiophene rings is 1. The molecule has 0 saturated carbocycles. The molecule has 2 aliphatic rings. The number of halogens is 1. The Morgan fingerprint density at radius 1 is 1.44 bits per heavy atom. The van der Waals surface area contributed by atoms with Crippen molar-refractivity contribution in [1.29, 1.82) is 0 Å². The highest BCUT2D eigenvalue weighted by Crippen LogP contribution is 2.32. The maximum Gasteiger partial charge on any atom is 0.414 e. The van der Waals surface area contributed by atoms with Gasteiger partial charge in [0.1, 0.15) is 11.9 Å². The van der Waals surface area contributed by atoms with Gasteiger partial charge in [-0.15, -0.1) is 11.3 Å². The third kappa shape index (κ3) is 3.77. The minimum absolute atomic E-state index is 0.308. The van der Waals surface area contributed by atoms with Crippen LogP contribution in [0.2, 0.25) is 0 Å². The first-order valence-corrected chi connectivity index (χ1v) is 10.1. The molecule has 1 atom stereocenters. The minimum Gasteiger partial charge on any atom is -0.442 e. The highest BCUT2D eigenvalue weighted by molar-refractivity contribution is 7.80. The highest BCUT2D eigenvalue weighted by atomic mass is 32.1. The number of anilines is 2. The topological polar surface area (TPSA) is 44.8 Å². The number of amides is 1. The Hall–Kier alpha value is -2.19. The van der Waals surface area contributed by atoms with E-state index in [1.165, 1.54) is 21.4 Å². The van der Waals surface area contributed by atoms with Crippen LogP contribution in [0.1, 0.15) is 17.4 Å². The van der Waals surface area contributed by atoms with E-state index in [0.29, 0.717) is 36.0 Å². The third-order valence-electron chi connectivity index (χ3n) is 4.84. The van der Waals surface area contributed by atoms with Crippen molar-refractivity contribution < 1.29 is 13.9 Å². The largest absolute Gasteiger partial charge is 0.442 e. The van der Waals surface area contributed by atoms with Gasteiger partial charge >= 0.3 is 6.09 Å². The lowest BCUT2D eigenvalue weighted by Crippen LogP contribution is -2.32. The molecule has 1 aromatic heterocycles. The van der Waals surface area contributed by atoms with E-state index in [4.69, 9.17) is 17.0 Å². The second-order valence-electron chi connectivity index (χ2n) is 6.73. The third-order valence-corrected chi connectivity index (χ3v) is 6.01. The quantitative estimate of drug-likeness (QED) is 0.786. The summed E-state index contributed by atoms with van der Waals surface area (Å²) in [6, 6.07) is 7.06. The molecule has 0 unspecified atom stereocenters. The summed E-state index contributed by atoms with van der Waals surface area (Å²) in [7, 11) is 0. The number of carbonyl (C=O) groups is 1. The van der Waals surface area contributed by atoms with Crippen molar-refractivity contribution in [3.8, 4) is 0 Å². The molecule has 1 amide bonds. The lowest BCUT2D eigenvalue weighted by Gasteiger charge is -2.29. The summed E-state index contributed by atoms with van der Waals surface area (Å²) < 4.78 is 20.1. The number of ether oxygens (including phenoxy) is 1. The first-order chi connectivity index (χ1) is 13.0. The van der Waals surface area contributed by atoms with Crippen LogP contribution in [0, 0.1) is 5.82 Å². The smallest absolute Gasteiger partial charge is 0.414 e. The number of benzene rings is 1. The number of rotatable bonds is 4.